The van der Waals surface area contributed by atoms with Gasteiger partial charge in [-0.2, -0.15) is 0 Å². The molecular formula is C50H80O2. The van der Waals surface area contributed by atoms with Crippen LogP contribution in [0.4, 0.5) is 0 Å². The monoisotopic (exact) mass is 713 g/mol. The van der Waals surface area contributed by atoms with E-state index < -0.39 is 0 Å². The molecule has 0 radical (unpaired) electrons. The van der Waals surface area contributed by atoms with Crippen LogP contribution in [0.15, 0.2) is 36.4 Å². The second-order valence-corrected chi connectivity index (χ2v) is 18.0. The molecule has 2 aromatic rings. The van der Waals surface area contributed by atoms with Gasteiger partial charge in [-0.05, 0) is 94.2 Å². The van der Waals surface area contributed by atoms with Crippen LogP contribution in [0.5, 0.6) is 11.5 Å². The maximum atomic E-state index is 6.42. The zero-order valence-electron chi connectivity index (χ0n) is 35.1. The fourth-order valence-electron chi connectivity index (χ4n) is 9.13. The highest BCUT2D eigenvalue weighted by Gasteiger charge is 2.43. The Kier molecular flexibility index (Phi) is 18.7. The number of ether oxygens (including phenoxy) is 2. The van der Waals surface area contributed by atoms with Gasteiger partial charge >= 0.3 is 0 Å². The minimum absolute atomic E-state index is 0.0800. The molecule has 0 heterocycles. The molecule has 0 amide bonds. The lowest BCUT2D eigenvalue weighted by atomic mass is 9.74. The van der Waals surface area contributed by atoms with Gasteiger partial charge in [-0.1, -0.05) is 195 Å². The molecule has 0 aromatic heterocycles. The van der Waals surface area contributed by atoms with Gasteiger partial charge in [-0.15, -0.1) is 0 Å². The summed E-state index contributed by atoms with van der Waals surface area (Å²) in [6.07, 6.45) is 35.1. The Morgan fingerprint density at radius 3 is 1.00 bits per heavy atom. The molecule has 0 bridgehead atoms. The molecule has 0 unspecified atom stereocenters. The number of fused-ring (bicyclic) bond motifs is 2. The first-order valence-corrected chi connectivity index (χ1v) is 22.5. The molecule has 0 saturated heterocycles. The van der Waals surface area contributed by atoms with Crippen LogP contribution in [0, 0.1) is 10.8 Å². The third-order valence-corrected chi connectivity index (χ3v) is 12.1. The summed E-state index contributed by atoms with van der Waals surface area (Å²) in [5, 5.41) is 0. The Labute approximate surface area is 322 Å². The summed E-state index contributed by atoms with van der Waals surface area (Å²) >= 11 is 0. The smallest absolute Gasteiger partial charge is 0.119 e. The molecule has 4 rings (SSSR count). The minimum Gasteiger partial charge on any atom is -0.494 e. The maximum absolute atomic E-state index is 6.42. The van der Waals surface area contributed by atoms with E-state index in [-0.39, 0.29) is 10.8 Å². The van der Waals surface area contributed by atoms with Crippen molar-refractivity contribution in [3.8, 4) is 11.5 Å². The first-order valence-electron chi connectivity index (χ1n) is 22.5. The topological polar surface area (TPSA) is 18.5 Å². The third-order valence-electron chi connectivity index (χ3n) is 12.1. The molecule has 2 nitrogen and oxygen atoms in total. The lowest BCUT2D eigenvalue weighted by Crippen LogP contribution is -2.17. The molecule has 2 aliphatic rings. The highest BCUT2D eigenvalue weighted by Crippen LogP contribution is 2.58. The van der Waals surface area contributed by atoms with E-state index >= 15 is 0 Å². The molecule has 0 spiro atoms. The molecule has 0 saturated carbocycles. The van der Waals surface area contributed by atoms with E-state index in [2.05, 4.69) is 77.9 Å². The fraction of sp³-hybridized carbons (Fsp3) is 0.720. The highest BCUT2D eigenvalue weighted by molar-refractivity contribution is 6.00. The molecular weight excluding hydrogens is 633 g/mol. The summed E-state index contributed by atoms with van der Waals surface area (Å²) in [6, 6.07) is 13.9. The van der Waals surface area contributed by atoms with E-state index in [1.165, 1.54) is 175 Å². The first kappa shape index (κ1) is 42.5. The molecule has 2 heteroatoms. The molecule has 2 aliphatic carbocycles. The van der Waals surface area contributed by atoms with Gasteiger partial charge in [-0.3, -0.25) is 0 Å². The Balaban J connectivity index is 1.25. The van der Waals surface area contributed by atoms with Crippen LogP contribution in [-0.2, 0) is 12.8 Å². The van der Waals surface area contributed by atoms with Gasteiger partial charge in [0, 0.05) is 0 Å². The summed E-state index contributed by atoms with van der Waals surface area (Å²) in [6.45, 7) is 16.0. The zero-order chi connectivity index (χ0) is 37.1. The Bertz CT molecular complexity index is 1330. The fourth-order valence-corrected chi connectivity index (χ4v) is 9.13. The largest absolute Gasteiger partial charge is 0.494 e. The molecule has 0 atom stereocenters. The van der Waals surface area contributed by atoms with Crippen molar-refractivity contribution >= 4 is 11.1 Å². The van der Waals surface area contributed by atoms with Crippen molar-refractivity contribution in [2.24, 2.45) is 10.8 Å². The molecule has 0 N–H and O–H groups in total. The molecule has 52 heavy (non-hydrogen) atoms. The van der Waals surface area contributed by atoms with Crippen LogP contribution >= 0.6 is 0 Å². The van der Waals surface area contributed by atoms with Gasteiger partial charge in [0.25, 0.3) is 0 Å². The quantitative estimate of drug-likeness (QED) is 0.0818. The van der Waals surface area contributed by atoms with Crippen LogP contribution < -0.4 is 9.47 Å². The first-order chi connectivity index (χ1) is 25.3. The average molecular weight is 713 g/mol. The number of hydrogen-bond donors (Lipinski definition) is 0. The number of allylic oxidation sites excluding steroid dienone is 2. The van der Waals surface area contributed by atoms with Gasteiger partial charge in [0.2, 0.25) is 0 Å². The van der Waals surface area contributed by atoms with Gasteiger partial charge in [0.1, 0.15) is 11.5 Å². The second-order valence-electron chi connectivity index (χ2n) is 18.0. The predicted octanol–water partition coefficient (Wildman–Crippen LogP) is 15.9. The van der Waals surface area contributed by atoms with Crippen molar-refractivity contribution in [3.05, 3.63) is 58.7 Å². The highest BCUT2D eigenvalue weighted by atomic mass is 16.5. The standard InChI is InChI=1S/C50H80O2/c1-7-9-11-13-15-17-19-20-21-22-24-26-28-30-36-52-44-34-32-42-40-50(5,6)48(46(42)38-44)47-45-37-43(33-31-41(45)39-49(47,3)4)51-35-29-27-25-23-18-16-14-12-10-8-2/h31-34,37-38H,7-30,35-36,39-40H2,1-6H3/b48-47+. The van der Waals surface area contributed by atoms with E-state index in [9.17, 15) is 0 Å². The lowest BCUT2D eigenvalue weighted by Gasteiger charge is -2.30. The van der Waals surface area contributed by atoms with Crippen molar-refractivity contribution in [2.45, 2.75) is 208 Å². The maximum Gasteiger partial charge on any atom is 0.119 e. The van der Waals surface area contributed by atoms with Crippen LogP contribution in [0.3, 0.4) is 0 Å². The molecule has 2 aromatic carbocycles. The minimum atomic E-state index is 0.0800. The molecule has 0 aliphatic heterocycles. The molecule has 0 fully saturated rings. The average Bonchev–Trinajstić information content (AvgIpc) is 3.53. The Morgan fingerprint density at radius 1 is 0.404 bits per heavy atom. The van der Waals surface area contributed by atoms with E-state index in [0.29, 0.717) is 0 Å². The summed E-state index contributed by atoms with van der Waals surface area (Å²) in [4.78, 5) is 0. The van der Waals surface area contributed by atoms with Gasteiger partial charge in [0.15, 0.2) is 0 Å². The van der Waals surface area contributed by atoms with E-state index in [4.69, 9.17) is 9.47 Å². The van der Waals surface area contributed by atoms with Crippen molar-refractivity contribution in [1.82, 2.24) is 0 Å². The number of benzene rings is 2. The SMILES string of the molecule is CCCCCCCCCCCCCCCCOc1ccc2c(c1)/C(=C1/c3cc(OCCCCCCCCCCCC)ccc3CC1(C)C)C(C)(C)C2. The third kappa shape index (κ3) is 13.6. The van der Waals surface area contributed by atoms with Crippen molar-refractivity contribution in [2.75, 3.05) is 13.2 Å². The van der Waals surface area contributed by atoms with E-state index in [1.54, 1.807) is 0 Å². The van der Waals surface area contributed by atoms with Gasteiger partial charge in [-0.25, -0.2) is 0 Å². The van der Waals surface area contributed by atoms with Crippen LogP contribution in [0.1, 0.15) is 218 Å². The predicted molar refractivity (Wildman–Crippen MR) is 228 cm³/mol. The summed E-state index contributed by atoms with van der Waals surface area (Å²) in [5.41, 5.74) is 8.97. The molecule has 292 valence electrons. The Hall–Kier alpha value is -2.22. The Morgan fingerprint density at radius 2 is 0.692 bits per heavy atom. The van der Waals surface area contributed by atoms with E-state index in [0.717, 1.165) is 50.4 Å². The van der Waals surface area contributed by atoms with Gasteiger partial charge < -0.3 is 9.47 Å². The number of hydrogen-bond acceptors (Lipinski definition) is 2. The number of unbranched alkanes of at least 4 members (excludes halogenated alkanes) is 22. The van der Waals surface area contributed by atoms with E-state index in [1.807, 2.05) is 0 Å². The summed E-state index contributed by atoms with van der Waals surface area (Å²) in [7, 11) is 0. The second kappa shape index (κ2) is 22.9. The van der Waals surface area contributed by atoms with Crippen molar-refractivity contribution in [1.29, 1.82) is 0 Å². The van der Waals surface area contributed by atoms with Crippen molar-refractivity contribution in [3.63, 3.8) is 0 Å². The van der Waals surface area contributed by atoms with Crippen LogP contribution in [0.25, 0.3) is 11.1 Å². The van der Waals surface area contributed by atoms with Crippen molar-refractivity contribution < 1.29 is 9.47 Å². The van der Waals surface area contributed by atoms with Crippen LogP contribution in [-0.4, -0.2) is 13.2 Å². The number of rotatable bonds is 28. The lowest BCUT2D eigenvalue weighted by molar-refractivity contribution is 0.304. The van der Waals surface area contributed by atoms with Crippen LogP contribution in [0.2, 0.25) is 0 Å². The summed E-state index contributed by atoms with van der Waals surface area (Å²) < 4.78 is 12.8. The summed E-state index contributed by atoms with van der Waals surface area (Å²) in [5.74, 6) is 2.07. The van der Waals surface area contributed by atoms with Gasteiger partial charge in [0.05, 0.1) is 13.2 Å². The zero-order valence-corrected chi connectivity index (χ0v) is 35.1. The normalized spacial score (nSPS) is 17.0.